The fraction of sp³-hybridized carbons (Fsp3) is 0.462. The molecule has 1 aromatic carbocycles. The monoisotopic (exact) mass is 319 g/mol. The number of hydrogen-bond donors (Lipinski definition) is 2. The van der Waals surface area contributed by atoms with Crippen LogP contribution < -0.4 is 5.32 Å². The van der Waals surface area contributed by atoms with Crippen LogP contribution in [-0.2, 0) is 9.84 Å². The lowest BCUT2D eigenvalue weighted by molar-refractivity contribution is 0.0923. The van der Waals surface area contributed by atoms with Crippen LogP contribution in [0, 0.1) is 0 Å². The highest BCUT2D eigenvalue weighted by Gasteiger charge is 2.17. The van der Waals surface area contributed by atoms with Gasteiger partial charge in [0, 0.05) is 17.9 Å². The van der Waals surface area contributed by atoms with Crippen LogP contribution >= 0.6 is 11.6 Å². The average Bonchev–Trinajstić information content (AvgIpc) is 2.26. The Labute approximate surface area is 123 Å². The van der Waals surface area contributed by atoms with Crippen LogP contribution in [0.3, 0.4) is 0 Å². The maximum Gasteiger partial charge on any atom is 0.251 e. The molecule has 20 heavy (non-hydrogen) atoms. The third-order valence-corrected chi connectivity index (χ3v) is 4.24. The predicted molar refractivity (Wildman–Crippen MR) is 77.8 cm³/mol. The molecule has 5 nitrogen and oxygen atoms in total. The molecule has 0 bridgehead atoms. The standard InChI is InChI=1S/C13H18ClNO4S/c1-8(6-9(2)16)15-13(17)10-4-5-11(14)12(7-10)20(3,18)19/h4-5,7-9,16H,6H2,1-3H3,(H,15,17). The van der Waals surface area contributed by atoms with Gasteiger partial charge >= 0.3 is 0 Å². The van der Waals surface area contributed by atoms with Crippen molar-refractivity contribution in [1.82, 2.24) is 5.32 Å². The second kappa shape index (κ2) is 6.56. The van der Waals surface area contributed by atoms with E-state index in [2.05, 4.69) is 5.32 Å². The summed E-state index contributed by atoms with van der Waals surface area (Å²) in [6.45, 7) is 3.39. The third-order valence-electron chi connectivity index (χ3n) is 2.67. The zero-order valence-electron chi connectivity index (χ0n) is 11.6. The van der Waals surface area contributed by atoms with Gasteiger partial charge in [0.15, 0.2) is 9.84 Å². The van der Waals surface area contributed by atoms with Gasteiger partial charge in [0.05, 0.1) is 16.0 Å². The first-order valence-electron chi connectivity index (χ1n) is 6.09. The first-order valence-corrected chi connectivity index (χ1v) is 8.36. The lowest BCUT2D eigenvalue weighted by Crippen LogP contribution is -2.34. The van der Waals surface area contributed by atoms with Crippen molar-refractivity contribution < 1.29 is 18.3 Å². The average molecular weight is 320 g/mol. The number of sulfone groups is 1. The van der Waals surface area contributed by atoms with Crippen molar-refractivity contribution in [2.45, 2.75) is 37.3 Å². The molecule has 0 spiro atoms. The van der Waals surface area contributed by atoms with E-state index in [9.17, 15) is 18.3 Å². The number of carbonyl (C=O) groups excluding carboxylic acids is 1. The molecule has 7 heteroatoms. The molecular formula is C13H18ClNO4S. The highest BCUT2D eigenvalue weighted by Crippen LogP contribution is 2.22. The molecule has 0 heterocycles. The normalized spacial score (nSPS) is 14.7. The summed E-state index contributed by atoms with van der Waals surface area (Å²) >= 11 is 5.82. The van der Waals surface area contributed by atoms with E-state index >= 15 is 0 Å². The molecule has 2 atom stereocenters. The number of amides is 1. The van der Waals surface area contributed by atoms with Crippen molar-refractivity contribution in [3.63, 3.8) is 0 Å². The molecule has 0 aliphatic rings. The molecule has 0 radical (unpaired) electrons. The number of nitrogens with one attached hydrogen (secondary N) is 1. The van der Waals surface area contributed by atoms with Crippen LogP contribution in [0.15, 0.2) is 23.1 Å². The van der Waals surface area contributed by atoms with Gasteiger partial charge in [0.1, 0.15) is 0 Å². The number of hydrogen-bond acceptors (Lipinski definition) is 4. The molecule has 0 saturated carbocycles. The Morgan fingerprint density at radius 1 is 1.40 bits per heavy atom. The quantitative estimate of drug-likeness (QED) is 0.864. The summed E-state index contributed by atoms with van der Waals surface area (Å²) in [5.74, 6) is -0.403. The first kappa shape index (κ1) is 16.9. The van der Waals surface area contributed by atoms with Crippen molar-refractivity contribution in [3.05, 3.63) is 28.8 Å². The van der Waals surface area contributed by atoms with E-state index in [1.807, 2.05) is 0 Å². The van der Waals surface area contributed by atoms with Gasteiger partial charge < -0.3 is 10.4 Å². The Morgan fingerprint density at radius 2 is 2.00 bits per heavy atom. The fourth-order valence-electron chi connectivity index (χ4n) is 1.81. The van der Waals surface area contributed by atoms with E-state index in [4.69, 9.17) is 11.6 Å². The van der Waals surface area contributed by atoms with Crippen LogP contribution in [0.25, 0.3) is 0 Å². The zero-order chi connectivity index (χ0) is 15.5. The van der Waals surface area contributed by atoms with Gasteiger partial charge in [-0.25, -0.2) is 8.42 Å². The summed E-state index contributed by atoms with van der Waals surface area (Å²) in [4.78, 5) is 11.9. The molecule has 0 fully saturated rings. The molecule has 1 rings (SSSR count). The van der Waals surface area contributed by atoms with Gasteiger partial charge in [-0.05, 0) is 38.5 Å². The summed E-state index contributed by atoms with van der Waals surface area (Å²) in [7, 11) is -3.49. The van der Waals surface area contributed by atoms with E-state index in [-0.39, 0.29) is 21.5 Å². The van der Waals surface area contributed by atoms with Crippen molar-refractivity contribution >= 4 is 27.3 Å². The van der Waals surface area contributed by atoms with E-state index < -0.39 is 21.8 Å². The second-order valence-electron chi connectivity index (χ2n) is 4.88. The minimum absolute atomic E-state index is 0.0741. The van der Waals surface area contributed by atoms with Crippen LogP contribution in [0.1, 0.15) is 30.6 Å². The van der Waals surface area contributed by atoms with Crippen LogP contribution in [-0.4, -0.2) is 37.8 Å². The van der Waals surface area contributed by atoms with Gasteiger partial charge in [0.25, 0.3) is 5.91 Å². The highest BCUT2D eigenvalue weighted by molar-refractivity contribution is 7.90. The molecule has 112 valence electrons. The first-order chi connectivity index (χ1) is 9.11. The SMILES string of the molecule is CC(O)CC(C)NC(=O)c1ccc(Cl)c(S(C)(=O)=O)c1. The molecule has 2 N–H and O–H groups in total. The molecule has 0 aliphatic heterocycles. The third kappa shape index (κ3) is 4.77. The van der Waals surface area contributed by atoms with E-state index in [0.717, 1.165) is 6.26 Å². The van der Waals surface area contributed by atoms with Crippen LogP contribution in [0.5, 0.6) is 0 Å². The number of halogens is 1. The Kier molecular flexibility index (Phi) is 5.56. The largest absolute Gasteiger partial charge is 0.393 e. The Balaban J connectivity index is 2.95. The molecule has 2 unspecified atom stereocenters. The predicted octanol–water partition coefficient (Wildman–Crippen LogP) is 1.63. The minimum atomic E-state index is -3.49. The van der Waals surface area contributed by atoms with Crippen molar-refractivity contribution in [1.29, 1.82) is 0 Å². The smallest absolute Gasteiger partial charge is 0.251 e. The van der Waals surface area contributed by atoms with Gasteiger partial charge in [-0.1, -0.05) is 11.6 Å². The Hall–Kier alpha value is -1.11. The summed E-state index contributed by atoms with van der Waals surface area (Å²) in [6.07, 6.45) is 0.923. The van der Waals surface area contributed by atoms with E-state index in [1.165, 1.54) is 18.2 Å². The maximum absolute atomic E-state index is 12.0. The Morgan fingerprint density at radius 3 is 2.50 bits per heavy atom. The van der Waals surface area contributed by atoms with Crippen molar-refractivity contribution in [3.8, 4) is 0 Å². The number of aliphatic hydroxyl groups excluding tert-OH is 1. The Bertz CT molecular complexity index is 598. The number of rotatable bonds is 5. The lowest BCUT2D eigenvalue weighted by Gasteiger charge is -2.15. The van der Waals surface area contributed by atoms with Crippen molar-refractivity contribution in [2.24, 2.45) is 0 Å². The fourth-order valence-corrected chi connectivity index (χ4v) is 3.11. The summed E-state index contributed by atoms with van der Waals surface area (Å²) in [5, 5.41) is 12.0. The molecule has 1 aromatic rings. The maximum atomic E-state index is 12.0. The number of carbonyl (C=O) groups is 1. The van der Waals surface area contributed by atoms with Gasteiger partial charge in [-0.15, -0.1) is 0 Å². The molecular weight excluding hydrogens is 302 g/mol. The van der Waals surface area contributed by atoms with E-state index in [0.29, 0.717) is 6.42 Å². The summed E-state index contributed by atoms with van der Waals surface area (Å²) in [6, 6.07) is 3.87. The number of benzene rings is 1. The van der Waals surface area contributed by atoms with Crippen molar-refractivity contribution in [2.75, 3.05) is 6.26 Å². The van der Waals surface area contributed by atoms with Gasteiger partial charge in [-0.3, -0.25) is 4.79 Å². The topological polar surface area (TPSA) is 83.5 Å². The molecule has 1 amide bonds. The molecule has 0 saturated heterocycles. The lowest BCUT2D eigenvalue weighted by atomic mass is 10.1. The molecule has 0 aliphatic carbocycles. The molecule has 0 aromatic heterocycles. The zero-order valence-corrected chi connectivity index (χ0v) is 13.1. The van der Waals surface area contributed by atoms with Crippen LogP contribution in [0.2, 0.25) is 5.02 Å². The van der Waals surface area contributed by atoms with E-state index in [1.54, 1.807) is 13.8 Å². The summed E-state index contributed by atoms with van der Waals surface area (Å²) < 4.78 is 23.1. The van der Waals surface area contributed by atoms with Gasteiger partial charge in [0.2, 0.25) is 0 Å². The second-order valence-corrected chi connectivity index (χ2v) is 7.27. The highest BCUT2D eigenvalue weighted by atomic mass is 35.5. The number of aliphatic hydroxyl groups is 1. The summed E-state index contributed by atoms with van der Waals surface area (Å²) in [5.41, 5.74) is 0.215. The van der Waals surface area contributed by atoms with Crippen LogP contribution in [0.4, 0.5) is 0 Å². The minimum Gasteiger partial charge on any atom is -0.393 e. The van der Waals surface area contributed by atoms with Gasteiger partial charge in [-0.2, -0.15) is 0 Å².